The van der Waals surface area contributed by atoms with Crippen LogP contribution in [0.25, 0.3) is 0 Å². The van der Waals surface area contributed by atoms with Crippen LogP contribution in [0.3, 0.4) is 0 Å². The molecule has 1 aromatic carbocycles. The summed E-state index contributed by atoms with van der Waals surface area (Å²) in [5, 5.41) is 12.3. The molecule has 0 aromatic heterocycles. The zero-order valence-corrected chi connectivity index (χ0v) is 9.67. The number of nitrogens with one attached hydrogen (secondary N) is 1. The fourth-order valence-corrected chi connectivity index (χ4v) is 1.47. The lowest BCUT2D eigenvalue weighted by molar-refractivity contribution is 0.621. The van der Waals surface area contributed by atoms with Crippen molar-refractivity contribution in [2.24, 2.45) is 0 Å². The fraction of sp³-hybridized carbons (Fsp3) is 0.462. The van der Waals surface area contributed by atoms with Gasteiger partial charge in [0.2, 0.25) is 0 Å². The number of hydrogen-bond acceptors (Lipinski definition) is 2. The van der Waals surface area contributed by atoms with Crippen LogP contribution in [0.5, 0.6) is 0 Å². The van der Waals surface area contributed by atoms with Gasteiger partial charge in [-0.05, 0) is 43.5 Å². The van der Waals surface area contributed by atoms with Crippen molar-refractivity contribution in [2.45, 2.75) is 33.2 Å². The van der Waals surface area contributed by atoms with Gasteiger partial charge in [0.25, 0.3) is 0 Å². The summed E-state index contributed by atoms with van der Waals surface area (Å²) in [4.78, 5) is 0. The normalized spacial score (nSPS) is 12.1. The van der Waals surface area contributed by atoms with Crippen LogP contribution in [-0.4, -0.2) is 6.54 Å². The average molecular weight is 202 g/mol. The van der Waals surface area contributed by atoms with Crippen LogP contribution in [0, 0.1) is 25.2 Å². The highest BCUT2D eigenvalue weighted by atomic mass is 14.9. The van der Waals surface area contributed by atoms with Crippen molar-refractivity contribution >= 4 is 0 Å². The Labute approximate surface area is 91.9 Å². The van der Waals surface area contributed by atoms with Crippen molar-refractivity contribution in [2.75, 3.05) is 6.54 Å². The molecule has 0 heterocycles. The summed E-state index contributed by atoms with van der Waals surface area (Å²) in [6.07, 6.45) is 1.04. The molecule has 0 bridgehead atoms. The summed E-state index contributed by atoms with van der Waals surface area (Å²) in [6.45, 7) is 7.14. The minimum atomic E-state index is -0.177. The summed E-state index contributed by atoms with van der Waals surface area (Å²) in [7, 11) is 0. The quantitative estimate of drug-likeness (QED) is 0.815. The van der Waals surface area contributed by atoms with Crippen LogP contribution >= 0.6 is 0 Å². The number of nitriles is 1. The first kappa shape index (κ1) is 11.7. The van der Waals surface area contributed by atoms with Gasteiger partial charge >= 0.3 is 0 Å². The van der Waals surface area contributed by atoms with Crippen molar-refractivity contribution in [1.29, 1.82) is 5.26 Å². The van der Waals surface area contributed by atoms with E-state index in [0.29, 0.717) is 0 Å². The lowest BCUT2D eigenvalue weighted by Crippen LogP contribution is -2.20. The molecule has 1 N–H and O–H groups in total. The van der Waals surface area contributed by atoms with Gasteiger partial charge in [-0.15, -0.1) is 0 Å². The van der Waals surface area contributed by atoms with Crippen molar-refractivity contribution < 1.29 is 0 Å². The van der Waals surface area contributed by atoms with Crippen LogP contribution in [0.4, 0.5) is 0 Å². The monoisotopic (exact) mass is 202 g/mol. The van der Waals surface area contributed by atoms with Crippen LogP contribution in [-0.2, 0) is 0 Å². The molecule has 1 atom stereocenters. The Morgan fingerprint density at radius 1 is 1.33 bits per heavy atom. The van der Waals surface area contributed by atoms with E-state index in [0.717, 1.165) is 18.5 Å². The molecule has 80 valence electrons. The van der Waals surface area contributed by atoms with Crippen LogP contribution < -0.4 is 5.32 Å². The molecule has 1 rings (SSSR count). The first-order valence-electron chi connectivity index (χ1n) is 5.39. The predicted molar refractivity (Wildman–Crippen MR) is 62.6 cm³/mol. The molecule has 0 aliphatic carbocycles. The minimum Gasteiger partial charge on any atom is -0.298 e. The van der Waals surface area contributed by atoms with Gasteiger partial charge < -0.3 is 0 Å². The average Bonchev–Trinajstić information content (AvgIpc) is 2.24. The molecule has 2 nitrogen and oxygen atoms in total. The van der Waals surface area contributed by atoms with E-state index in [2.05, 4.69) is 44.3 Å². The van der Waals surface area contributed by atoms with Crippen molar-refractivity contribution in [3.05, 3.63) is 34.9 Å². The summed E-state index contributed by atoms with van der Waals surface area (Å²) in [6, 6.07) is 8.30. The molecule has 0 amide bonds. The summed E-state index contributed by atoms with van der Waals surface area (Å²) in [5.74, 6) is 0. The van der Waals surface area contributed by atoms with Gasteiger partial charge in [-0.3, -0.25) is 5.32 Å². The van der Waals surface area contributed by atoms with E-state index in [-0.39, 0.29) is 6.04 Å². The Kier molecular flexibility index (Phi) is 4.33. The Bertz CT molecular complexity index is 363. The maximum atomic E-state index is 9.05. The van der Waals surface area contributed by atoms with Gasteiger partial charge in [-0.2, -0.15) is 5.26 Å². The zero-order chi connectivity index (χ0) is 11.3. The lowest BCUT2D eigenvalue weighted by Gasteiger charge is -2.12. The Morgan fingerprint density at radius 2 is 2.07 bits per heavy atom. The van der Waals surface area contributed by atoms with Gasteiger partial charge in [-0.1, -0.05) is 25.1 Å². The smallest absolute Gasteiger partial charge is 0.121 e. The molecule has 1 aromatic rings. The maximum absolute atomic E-state index is 9.05. The molecule has 2 heteroatoms. The van der Waals surface area contributed by atoms with E-state index < -0.39 is 0 Å². The predicted octanol–water partition coefficient (Wildman–Crippen LogP) is 2.87. The van der Waals surface area contributed by atoms with E-state index in [1.807, 2.05) is 6.07 Å². The van der Waals surface area contributed by atoms with Gasteiger partial charge in [0.1, 0.15) is 6.04 Å². The van der Waals surface area contributed by atoms with E-state index in [1.54, 1.807) is 0 Å². The highest BCUT2D eigenvalue weighted by Crippen LogP contribution is 2.16. The number of nitrogens with zero attached hydrogens (tertiary/aromatic N) is 1. The van der Waals surface area contributed by atoms with Crippen LogP contribution in [0.2, 0.25) is 0 Å². The van der Waals surface area contributed by atoms with Gasteiger partial charge in [0, 0.05) is 0 Å². The molecule has 15 heavy (non-hydrogen) atoms. The molecular weight excluding hydrogens is 184 g/mol. The number of benzene rings is 1. The molecule has 0 spiro atoms. The van der Waals surface area contributed by atoms with Crippen molar-refractivity contribution in [1.82, 2.24) is 5.32 Å². The molecule has 0 radical (unpaired) electrons. The van der Waals surface area contributed by atoms with E-state index in [9.17, 15) is 0 Å². The SMILES string of the molecule is CCCNC(C#N)c1ccc(C)c(C)c1. The van der Waals surface area contributed by atoms with E-state index in [4.69, 9.17) is 5.26 Å². The Balaban J connectivity index is 2.84. The first-order chi connectivity index (χ1) is 7.19. The minimum absolute atomic E-state index is 0.177. The van der Waals surface area contributed by atoms with Crippen molar-refractivity contribution in [3.63, 3.8) is 0 Å². The highest BCUT2D eigenvalue weighted by molar-refractivity contribution is 5.33. The standard InChI is InChI=1S/C13H18N2/c1-4-7-15-13(9-14)12-6-5-10(2)11(3)8-12/h5-6,8,13,15H,4,7H2,1-3H3. The molecule has 0 saturated carbocycles. The van der Waals surface area contributed by atoms with Crippen LogP contribution in [0.1, 0.15) is 36.1 Å². The largest absolute Gasteiger partial charge is 0.298 e. The second kappa shape index (κ2) is 5.53. The van der Waals surface area contributed by atoms with E-state index in [1.165, 1.54) is 11.1 Å². The van der Waals surface area contributed by atoms with Gasteiger partial charge in [-0.25, -0.2) is 0 Å². The number of hydrogen-bond donors (Lipinski definition) is 1. The molecule has 0 aliphatic rings. The third-order valence-electron chi connectivity index (χ3n) is 2.59. The summed E-state index contributed by atoms with van der Waals surface area (Å²) >= 11 is 0. The summed E-state index contributed by atoms with van der Waals surface area (Å²) < 4.78 is 0. The second-order valence-corrected chi connectivity index (χ2v) is 3.86. The maximum Gasteiger partial charge on any atom is 0.121 e. The van der Waals surface area contributed by atoms with E-state index >= 15 is 0 Å². The first-order valence-corrected chi connectivity index (χ1v) is 5.39. The Morgan fingerprint density at radius 3 is 2.60 bits per heavy atom. The van der Waals surface area contributed by atoms with Gasteiger partial charge in [0.05, 0.1) is 6.07 Å². The topological polar surface area (TPSA) is 35.8 Å². The molecule has 0 fully saturated rings. The number of aryl methyl sites for hydroxylation is 2. The fourth-order valence-electron chi connectivity index (χ4n) is 1.47. The highest BCUT2D eigenvalue weighted by Gasteiger charge is 2.09. The molecule has 0 saturated heterocycles. The van der Waals surface area contributed by atoms with Crippen molar-refractivity contribution in [3.8, 4) is 6.07 Å². The summed E-state index contributed by atoms with van der Waals surface area (Å²) in [5.41, 5.74) is 3.58. The second-order valence-electron chi connectivity index (χ2n) is 3.86. The Hall–Kier alpha value is -1.33. The van der Waals surface area contributed by atoms with Gasteiger partial charge in [0.15, 0.2) is 0 Å². The number of rotatable bonds is 4. The molecule has 1 unspecified atom stereocenters. The third kappa shape index (κ3) is 3.07. The third-order valence-corrected chi connectivity index (χ3v) is 2.59. The van der Waals surface area contributed by atoms with Crippen LogP contribution in [0.15, 0.2) is 18.2 Å². The zero-order valence-electron chi connectivity index (χ0n) is 9.67. The lowest BCUT2D eigenvalue weighted by atomic mass is 10.0. The molecule has 0 aliphatic heterocycles. The molecular formula is C13H18N2.